The fraction of sp³-hybridized carbons (Fsp3) is 0.231. The van der Waals surface area contributed by atoms with Crippen molar-refractivity contribution in [3.05, 3.63) is 66.0 Å². The predicted octanol–water partition coefficient (Wildman–Crippen LogP) is 4.12. The smallest absolute Gasteiger partial charge is 0.141 e. The minimum absolute atomic E-state index is 0.301. The minimum Gasteiger partial charge on any atom is -0.369 e. The Morgan fingerprint density at radius 1 is 0.853 bits per heavy atom. The molecular formula is C26H26FN7. The number of halogens is 1. The largest absolute Gasteiger partial charge is 0.369 e. The van der Waals surface area contributed by atoms with Crippen LogP contribution in [-0.4, -0.2) is 58.1 Å². The molecule has 7 nitrogen and oxygen atoms in total. The number of aromatic amines is 2. The van der Waals surface area contributed by atoms with Crippen molar-refractivity contribution in [1.29, 1.82) is 0 Å². The normalized spacial score (nSPS) is 15.0. The van der Waals surface area contributed by atoms with Crippen molar-refractivity contribution in [2.45, 2.75) is 6.54 Å². The van der Waals surface area contributed by atoms with Crippen LogP contribution < -0.4 is 10.6 Å². The summed E-state index contributed by atoms with van der Waals surface area (Å²) in [5, 5.41) is 0. The zero-order valence-electron chi connectivity index (χ0n) is 19.0. The van der Waals surface area contributed by atoms with Crippen molar-refractivity contribution in [1.82, 2.24) is 24.8 Å². The lowest BCUT2D eigenvalue weighted by molar-refractivity contribution is 0.313. The lowest BCUT2D eigenvalue weighted by Crippen LogP contribution is -2.44. The predicted molar refractivity (Wildman–Crippen MR) is 134 cm³/mol. The van der Waals surface area contributed by atoms with E-state index in [9.17, 15) is 4.39 Å². The zero-order chi connectivity index (χ0) is 23.2. The molecule has 0 bridgehead atoms. The molecule has 172 valence electrons. The molecular weight excluding hydrogens is 429 g/mol. The van der Waals surface area contributed by atoms with E-state index in [1.165, 1.54) is 11.8 Å². The number of fused-ring (bicyclic) bond motifs is 2. The van der Waals surface area contributed by atoms with Crippen LogP contribution in [0.5, 0.6) is 0 Å². The third-order valence-electron chi connectivity index (χ3n) is 6.61. The van der Waals surface area contributed by atoms with Gasteiger partial charge in [0, 0.05) is 44.0 Å². The number of hydrogen-bond acceptors (Lipinski definition) is 5. The van der Waals surface area contributed by atoms with E-state index in [0.717, 1.165) is 65.2 Å². The molecule has 0 saturated carbocycles. The maximum atomic E-state index is 14.6. The van der Waals surface area contributed by atoms with Gasteiger partial charge in [-0.1, -0.05) is 6.07 Å². The molecule has 1 aliphatic rings. The summed E-state index contributed by atoms with van der Waals surface area (Å²) in [7, 11) is 2.16. The summed E-state index contributed by atoms with van der Waals surface area (Å²) in [5.74, 6) is 0.951. The van der Waals surface area contributed by atoms with Gasteiger partial charge in [-0.05, 0) is 61.1 Å². The Hall–Kier alpha value is -3.75. The fourth-order valence-corrected chi connectivity index (χ4v) is 4.56. The lowest BCUT2D eigenvalue weighted by atomic mass is 10.1. The van der Waals surface area contributed by atoms with Crippen LogP contribution in [0.2, 0.25) is 0 Å². The SMILES string of the molecule is CN1CCN(c2ccc3nc(-c4ccc5nc(-c6ccc(CN)cc6F)[nH]c5c4)[nH]c3c2)CC1. The van der Waals surface area contributed by atoms with Gasteiger partial charge >= 0.3 is 0 Å². The van der Waals surface area contributed by atoms with Gasteiger partial charge in [0.2, 0.25) is 0 Å². The number of piperazine rings is 1. The maximum absolute atomic E-state index is 14.6. The molecule has 1 fully saturated rings. The van der Waals surface area contributed by atoms with E-state index in [1.54, 1.807) is 6.07 Å². The summed E-state index contributed by atoms with van der Waals surface area (Å²) in [6, 6.07) is 17.3. The first-order chi connectivity index (χ1) is 16.6. The van der Waals surface area contributed by atoms with Gasteiger partial charge in [-0.2, -0.15) is 0 Å². The van der Waals surface area contributed by atoms with Crippen molar-refractivity contribution in [3.63, 3.8) is 0 Å². The van der Waals surface area contributed by atoms with Gasteiger partial charge in [-0.3, -0.25) is 0 Å². The van der Waals surface area contributed by atoms with Gasteiger partial charge in [0.15, 0.2) is 0 Å². The van der Waals surface area contributed by atoms with Crippen molar-refractivity contribution in [3.8, 4) is 22.8 Å². The Morgan fingerprint density at radius 3 is 2.32 bits per heavy atom. The molecule has 4 N–H and O–H groups in total. The quantitative estimate of drug-likeness (QED) is 0.379. The van der Waals surface area contributed by atoms with E-state index in [4.69, 9.17) is 10.7 Å². The van der Waals surface area contributed by atoms with E-state index in [1.807, 2.05) is 24.3 Å². The zero-order valence-corrected chi connectivity index (χ0v) is 19.0. The molecule has 0 atom stereocenters. The molecule has 3 heterocycles. The van der Waals surface area contributed by atoms with E-state index in [0.29, 0.717) is 17.9 Å². The second-order valence-corrected chi connectivity index (χ2v) is 8.91. The van der Waals surface area contributed by atoms with E-state index >= 15 is 0 Å². The van der Waals surface area contributed by atoms with Crippen LogP contribution in [0.3, 0.4) is 0 Å². The van der Waals surface area contributed by atoms with Gasteiger partial charge in [0.1, 0.15) is 17.5 Å². The first kappa shape index (κ1) is 20.8. The third kappa shape index (κ3) is 3.70. The van der Waals surface area contributed by atoms with Crippen LogP contribution in [0.1, 0.15) is 5.56 Å². The Labute approximate surface area is 196 Å². The van der Waals surface area contributed by atoms with Crippen LogP contribution in [0.4, 0.5) is 10.1 Å². The molecule has 0 radical (unpaired) electrons. The highest BCUT2D eigenvalue weighted by molar-refractivity contribution is 5.87. The average molecular weight is 456 g/mol. The first-order valence-electron chi connectivity index (χ1n) is 11.5. The highest BCUT2D eigenvalue weighted by Crippen LogP contribution is 2.29. The van der Waals surface area contributed by atoms with Gasteiger partial charge < -0.3 is 25.5 Å². The Kier molecular flexibility index (Phi) is 5.04. The van der Waals surface area contributed by atoms with Gasteiger partial charge in [0.05, 0.1) is 27.6 Å². The molecule has 6 rings (SSSR count). The van der Waals surface area contributed by atoms with E-state index < -0.39 is 0 Å². The maximum Gasteiger partial charge on any atom is 0.141 e. The molecule has 1 aliphatic heterocycles. The van der Waals surface area contributed by atoms with Gasteiger partial charge in [0.25, 0.3) is 0 Å². The summed E-state index contributed by atoms with van der Waals surface area (Å²) in [6.45, 7) is 4.49. The molecule has 5 aromatic rings. The second kappa shape index (κ2) is 8.23. The molecule has 1 saturated heterocycles. The molecule has 0 aliphatic carbocycles. The number of nitrogens with two attached hydrogens (primary N) is 1. The number of nitrogens with zero attached hydrogens (tertiary/aromatic N) is 4. The topological polar surface area (TPSA) is 89.9 Å². The summed E-state index contributed by atoms with van der Waals surface area (Å²) >= 11 is 0. The molecule has 2 aromatic heterocycles. The number of imidazole rings is 2. The molecule has 0 amide bonds. The highest BCUT2D eigenvalue weighted by atomic mass is 19.1. The van der Waals surface area contributed by atoms with Crippen molar-refractivity contribution >= 4 is 27.8 Å². The summed E-state index contributed by atoms with van der Waals surface area (Å²) in [6.07, 6.45) is 0. The monoisotopic (exact) mass is 455 g/mol. The van der Waals surface area contributed by atoms with Crippen molar-refractivity contribution in [2.24, 2.45) is 5.73 Å². The molecule has 8 heteroatoms. The highest BCUT2D eigenvalue weighted by Gasteiger charge is 2.16. The van der Waals surface area contributed by atoms with Gasteiger partial charge in [-0.15, -0.1) is 0 Å². The summed E-state index contributed by atoms with van der Waals surface area (Å²) in [5.41, 5.74) is 12.5. The third-order valence-corrected chi connectivity index (χ3v) is 6.61. The standard InChI is InChI=1S/C26H26FN7/c1-33-8-10-34(11-9-33)18-4-7-22-24(14-18)31-25(29-22)17-3-6-21-23(13-17)32-26(30-21)19-5-2-16(15-28)12-20(19)27/h2-7,12-14H,8-11,15,28H2,1H3,(H,29,31)(H,30,32). The van der Waals surface area contributed by atoms with Crippen LogP contribution in [-0.2, 0) is 6.54 Å². The van der Waals surface area contributed by atoms with E-state index in [-0.39, 0.29) is 5.82 Å². The second-order valence-electron chi connectivity index (χ2n) is 8.91. The molecule has 0 unspecified atom stereocenters. The number of anilines is 1. The van der Waals surface area contributed by atoms with Gasteiger partial charge in [-0.25, -0.2) is 14.4 Å². The van der Waals surface area contributed by atoms with Crippen LogP contribution in [0.15, 0.2) is 54.6 Å². The number of nitrogens with one attached hydrogen (secondary N) is 2. The lowest BCUT2D eigenvalue weighted by Gasteiger charge is -2.34. The van der Waals surface area contributed by atoms with Crippen LogP contribution in [0, 0.1) is 5.82 Å². The van der Waals surface area contributed by atoms with E-state index in [2.05, 4.69) is 50.0 Å². The van der Waals surface area contributed by atoms with Crippen LogP contribution in [0.25, 0.3) is 44.8 Å². The average Bonchev–Trinajstić information content (AvgIpc) is 3.47. The number of likely N-dealkylation sites (N-methyl/N-ethyl adjacent to an activating group) is 1. The number of rotatable bonds is 4. The Balaban J connectivity index is 1.32. The minimum atomic E-state index is -0.337. The van der Waals surface area contributed by atoms with Crippen molar-refractivity contribution in [2.75, 3.05) is 38.1 Å². The summed E-state index contributed by atoms with van der Waals surface area (Å²) < 4.78 is 14.6. The number of H-pyrrole nitrogens is 2. The summed E-state index contributed by atoms with van der Waals surface area (Å²) in [4.78, 5) is 20.9. The number of hydrogen-bond donors (Lipinski definition) is 3. The molecule has 3 aromatic carbocycles. The number of benzene rings is 3. The Bertz CT molecular complexity index is 1490. The molecule has 0 spiro atoms. The van der Waals surface area contributed by atoms with Crippen molar-refractivity contribution < 1.29 is 4.39 Å². The Morgan fingerprint density at radius 2 is 1.56 bits per heavy atom. The van der Waals surface area contributed by atoms with Crippen LogP contribution >= 0.6 is 0 Å². The number of aromatic nitrogens is 4. The first-order valence-corrected chi connectivity index (χ1v) is 11.5. The molecule has 34 heavy (non-hydrogen) atoms. The fourth-order valence-electron chi connectivity index (χ4n) is 4.56.